The third-order valence-electron chi connectivity index (χ3n) is 4.57. The van der Waals surface area contributed by atoms with Gasteiger partial charge in [0.1, 0.15) is 5.75 Å². The van der Waals surface area contributed by atoms with Crippen LogP contribution >= 0.6 is 11.5 Å². The van der Waals surface area contributed by atoms with Gasteiger partial charge in [-0.1, -0.05) is 42.8 Å². The van der Waals surface area contributed by atoms with Gasteiger partial charge in [-0.15, -0.1) is 0 Å². The van der Waals surface area contributed by atoms with Crippen LogP contribution in [0.3, 0.4) is 0 Å². The van der Waals surface area contributed by atoms with Crippen molar-refractivity contribution in [3.63, 3.8) is 0 Å². The average Bonchev–Trinajstić information content (AvgIpc) is 3.12. The van der Waals surface area contributed by atoms with Crippen LogP contribution in [0.5, 0.6) is 10.9 Å². The summed E-state index contributed by atoms with van der Waals surface area (Å²) in [6.07, 6.45) is 1.55. The molecule has 0 aliphatic heterocycles. The minimum atomic E-state index is -0.100. The molecule has 0 bridgehead atoms. The highest BCUT2D eigenvalue weighted by Gasteiger charge is 2.13. The Morgan fingerprint density at radius 1 is 1.18 bits per heavy atom. The average molecular weight is 396 g/mol. The molecule has 1 N–H and O–H groups in total. The van der Waals surface area contributed by atoms with E-state index in [-0.39, 0.29) is 11.9 Å². The van der Waals surface area contributed by atoms with Crippen LogP contribution in [0.25, 0.3) is 0 Å². The first kappa shape index (κ1) is 20.0. The van der Waals surface area contributed by atoms with E-state index in [0.29, 0.717) is 22.9 Å². The largest absolute Gasteiger partial charge is 0.430 e. The Bertz CT molecular complexity index is 951. The lowest BCUT2D eigenvalue weighted by molar-refractivity contribution is 0.0939. The first-order valence-corrected chi connectivity index (χ1v) is 10.2. The fourth-order valence-corrected chi connectivity index (χ4v) is 3.16. The van der Waals surface area contributed by atoms with E-state index in [9.17, 15) is 4.79 Å². The summed E-state index contributed by atoms with van der Waals surface area (Å²) in [4.78, 5) is 16.9. The molecule has 0 unspecified atom stereocenters. The lowest BCUT2D eigenvalue weighted by atomic mass is 10.1. The van der Waals surface area contributed by atoms with Crippen molar-refractivity contribution in [3.05, 3.63) is 70.5 Å². The van der Waals surface area contributed by atoms with Gasteiger partial charge in [-0.2, -0.15) is 9.36 Å². The van der Waals surface area contributed by atoms with Crippen molar-refractivity contribution in [2.75, 3.05) is 0 Å². The highest BCUT2D eigenvalue weighted by molar-refractivity contribution is 7.07. The first-order valence-electron chi connectivity index (χ1n) is 9.42. The van der Waals surface area contributed by atoms with Gasteiger partial charge < -0.3 is 10.1 Å². The minimum absolute atomic E-state index is 0.100. The van der Waals surface area contributed by atoms with Gasteiger partial charge in [-0.3, -0.25) is 4.79 Å². The number of rotatable bonds is 7. The van der Waals surface area contributed by atoms with E-state index in [1.807, 2.05) is 32.9 Å². The molecule has 2 aromatic carbocycles. The van der Waals surface area contributed by atoms with Gasteiger partial charge in [0.25, 0.3) is 11.1 Å². The summed E-state index contributed by atoms with van der Waals surface area (Å²) < 4.78 is 10.3. The summed E-state index contributed by atoms with van der Waals surface area (Å²) in [6.45, 7) is 8.04. The Balaban J connectivity index is 1.71. The maximum absolute atomic E-state index is 12.4. The number of ether oxygens (including phenoxy) is 1. The molecule has 0 saturated heterocycles. The molecule has 3 rings (SSSR count). The molecule has 146 valence electrons. The molecule has 3 aromatic rings. The molecule has 0 fully saturated rings. The summed E-state index contributed by atoms with van der Waals surface area (Å²) in [5, 5.41) is 3.45. The normalized spacial score (nSPS) is 11.9. The molecule has 0 radical (unpaired) electrons. The molecule has 0 spiro atoms. The lowest BCUT2D eigenvalue weighted by Gasteiger charge is -2.12. The van der Waals surface area contributed by atoms with Crippen LogP contribution in [-0.4, -0.2) is 21.3 Å². The molecule has 1 aromatic heterocycles. The minimum Gasteiger partial charge on any atom is -0.430 e. The fourth-order valence-electron chi connectivity index (χ4n) is 2.59. The van der Waals surface area contributed by atoms with E-state index in [1.54, 1.807) is 6.07 Å². The van der Waals surface area contributed by atoms with Crippen molar-refractivity contribution in [2.45, 2.75) is 46.6 Å². The van der Waals surface area contributed by atoms with E-state index in [0.717, 1.165) is 23.4 Å². The molecule has 1 heterocycles. The number of hydrogen-bond donors (Lipinski definition) is 1. The van der Waals surface area contributed by atoms with Crippen LogP contribution in [0.2, 0.25) is 0 Å². The number of aromatic nitrogens is 2. The van der Waals surface area contributed by atoms with Crippen LogP contribution in [0.4, 0.5) is 0 Å². The monoisotopic (exact) mass is 395 g/mol. The van der Waals surface area contributed by atoms with E-state index in [4.69, 9.17) is 4.74 Å². The number of nitrogens with one attached hydrogen (secondary N) is 1. The molecular formula is C22H25N3O2S. The second kappa shape index (κ2) is 8.97. The summed E-state index contributed by atoms with van der Waals surface area (Å²) in [5.41, 5.74) is 3.90. The van der Waals surface area contributed by atoms with Crippen molar-refractivity contribution in [2.24, 2.45) is 0 Å². The third kappa shape index (κ3) is 5.16. The Morgan fingerprint density at radius 2 is 1.93 bits per heavy atom. The smallest absolute Gasteiger partial charge is 0.298 e. The number of carbonyl (C=O) groups excluding carboxylic acids is 1. The molecule has 0 aliphatic rings. The van der Waals surface area contributed by atoms with Crippen molar-refractivity contribution >= 4 is 17.4 Å². The van der Waals surface area contributed by atoms with E-state index in [2.05, 4.69) is 45.9 Å². The second-order valence-electron chi connectivity index (χ2n) is 7.00. The van der Waals surface area contributed by atoms with Gasteiger partial charge in [-0.25, -0.2) is 0 Å². The molecule has 0 aliphatic carbocycles. The van der Waals surface area contributed by atoms with Gasteiger partial charge in [-0.05, 0) is 50.5 Å². The number of nitrogens with zero attached hydrogens (tertiary/aromatic N) is 2. The maximum Gasteiger partial charge on any atom is 0.298 e. The van der Waals surface area contributed by atoms with E-state index < -0.39 is 0 Å². The number of benzene rings is 2. The summed E-state index contributed by atoms with van der Waals surface area (Å²) in [7, 11) is 0. The highest BCUT2D eigenvalue weighted by atomic mass is 32.1. The predicted molar refractivity (Wildman–Crippen MR) is 112 cm³/mol. The zero-order valence-corrected chi connectivity index (χ0v) is 17.5. The molecule has 6 heteroatoms. The molecule has 1 amide bonds. The van der Waals surface area contributed by atoms with Gasteiger partial charge in [0.2, 0.25) is 0 Å². The number of amides is 1. The molecular weight excluding hydrogens is 370 g/mol. The van der Waals surface area contributed by atoms with Crippen LogP contribution < -0.4 is 10.1 Å². The SMILES string of the molecule is CC[C@@H](C)NC(=O)c1ccc(C)c(Oc2nc(Cc3ccc(C)cc3)ns2)c1. The van der Waals surface area contributed by atoms with E-state index >= 15 is 0 Å². The van der Waals surface area contributed by atoms with Crippen molar-refractivity contribution in [1.82, 2.24) is 14.7 Å². The molecule has 28 heavy (non-hydrogen) atoms. The Morgan fingerprint density at radius 3 is 2.64 bits per heavy atom. The highest BCUT2D eigenvalue weighted by Crippen LogP contribution is 2.28. The number of hydrogen-bond acceptors (Lipinski definition) is 5. The standard InChI is InChI=1S/C22H25N3O2S/c1-5-16(4)23-21(26)18-11-8-15(3)19(13-18)27-22-24-20(25-28-22)12-17-9-6-14(2)7-10-17/h6-11,13,16H,5,12H2,1-4H3,(H,23,26)/t16-/m1/s1. The molecule has 1 atom stereocenters. The molecule has 0 saturated carbocycles. The Labute approximate surface area is 170 Å². The second-order valence-corrected chi connectivity index (χ2v) is 7.72. The predicted octanol–water partition coefficient (Wildman–Crippen LogP) is 5.07. The van der Waals surface area contributed by atoms with Crippen molar-refractivity contribution < 1.29 is 9.53 Å². The van der Waals surface area contributed by atoms with Crippen LogP contribution in [-0.2, 0) is 6.42 Å². The quantitative estimate of drug-likeness (QED) is 0.607. The van der Waals surface area contributed by atoms with Gasteiger partial charge in [0, 0.05) is 29.6 Å². The van der Waals surface area contributed by atoms with Gasteiger partial charge >= 0.3 is 0 Å². The molecule has 5 nitrogen and oxygen atoms in total. The van der Waals surface area contributed by atoms with Crippen LogP contribution in [0, 0.1) is 13.8 Å². The summed E-state index contributed by atoms with van der Waals surface area (Å²) in [6, 6.07) is 13.9. The topological polar surface area (TPSA) is 64.1 Å². The van der Waals surface area contributed by atoms with Gasteiger partial charge in [0.15, 0.2) is 5.82 Å². The number of aryl methyl sites for hydroxylation is 2. The Hall–Kier alpha value is -2.73. The zero-order chi connectivity index (χ0) is 20.1. The fraction of sp³-hybridized carbons (Fsp3) is 0.318. The van der Waals surface area contributed by atoms with Crippen LogP contribution in [0.1, 0.15) is 53.1 Å². The lowest BCUT2D eigenvalue weighted by Crippen LogP contribution is -2.31. The summed E-state index contributed by atoms with van der Waals surface area (Å²) in [5.74, 6) is 1.25. The maximum atomic E-state index is 12.4. The summed E-state index contributed by atoms with van der Waals surface area (Å²) >= 11 is 1.22. The van der Waals surface area contributed by atoms with Gasteiger partial charge in [0.05, 0.1) is 0 Å². The Kier molecular flexibility index (Phi) is 6.41. The van der Waals surface area contributed by atoms with Crippen molar-refractivity contribution in [1.29, 1.82) is 0 Å². The number of carbonyl (C=O) groups is 1. The first-order chi connectivity index (χ1) is 13.4. The zero-order valence-electron chi connectivity index (χ0n) is 16.7. The van der Waals surface area contributed by atoms with Crippen LogP contribution in [0.15, 0.2) is 42.5 Å². The third-order valence-corrected chi connectivity index (χ3v) is 5.20. The van der Waals surface area contributed by atoms with Crippen molar-refractivity contribution in [3.8, 4) is 10.9 Å². The van der Waals surface area contributed by atoms with E-state index in [1.165, 1.54) is 17.1 Å².